The molecule has 0 saturated heterocycles. The molecule has 1 rings (SSSR count). The number of hydrogen-bond donors (Lipinski definition) is 0. The first kappa shape index (κ1) is 11.8. The standard InChI is InChI=1S/C12H21PSi/c1-13(2,11-14(3,4)5)12-9-7-6-8-10-12/h6-11H,1-5H3. The van der Waals surface area contributed by atoms with Crippen LogP contribution in [0.5, 0.6) is 0 Å². The average Bonchev–Trinajstić information content (AvgIpc) is 2.01. The predicted molar refractivity (Wildman–Crippen MR) is 74.3 cm³/mol. The molecule has 0 N–H and O–H groups in total. The summed E-state index contributed by atoms with van der Waals surface area (Å²) >= 11 is 0. The first-order valence-corrected chi connectivity index (χ1v) is 11.4. The molecule has 0 aliphatic carbocycles. The summed E-state index contributed by atoms with van der Waals surface area (Å²) in [6, 6.07) is 10.9. The molecule has 0 spiro atoms. The quantitative estimate of drug-likeness (QED) is 0.534. The highest BCUT2D eigenvalue weighted by atomic mass is 31.2. The SMILES string of the molecule is C[Si](C)(C)C=P(C)(C)c1ccccc1. The normalized spacial score (nSPS) is 12.6. The van der Waals surface area contributed by atoms with E-state index in [-0.39, 0.29) is 0 Å². The lowest BCUT2D eigenvalue weighted by atomic mass is 10.4. The zero-order valence-electron chi connectivity index (χ0n) is 9.91. The minimum atomic E-state index is -1.05. The van der Waals surface area contributed by atoms with Gasteiger partial charge in [0.15, 0.2) is 0 Å². The summed E-state index contributed by atoms with van der Waals surface area (Å²) in [6.07, 6.45) is 0. The van der Waals surface area contributed by atoms with Crippen molar-refractivity contribution in [3.05, 3.63) is 30.3 Å². The summed E-state index contributed by atoms with van der Waals surface area (Å²) in [4.78, 5) is 0. The monoisotopic (exact) mass is 224 g/mol. The Morgan fingerprint density at radius 2 is 1.50 bits per heavy atom. The molecular weight excluding hydrogens is 203 g/mol. The van der Waals surface area contributed by atoms with Crippen molar-refractivity contribution in [2.75, 3.05) is 13.3 Å². The Hall–Kier alpha value is -0.263. The second kappa shape index (κ2) is 4.08. The van der Waals surface area contributed by atoms with Crippen molar-refractivity contribution in [2.24, 2.45) is 0 Å². The van der Waals surface area contributed by atoms with E-state index in [1.165, 1.54) is 5.30 Å². The van der Waals surface area contributed by atoms with Gasteiger partial charge in [0.25, 0.3) is 0 Å². The second-order valence-corrected chi connectivity index (χ2v) is 14.7. The molecule has 1 aromatic rings. The lowest BCUT2D eigenvalue weighted by Gasteiger charge is -2.21. The fraction of sp³-hybridized carbons (Fsp3) is 0.417. The zero-order chi connectivity index (χ0) is 10.8. The van der Waals surface area contributed by atoms with Crippen LogP contribution in [0.3, 0.4) is 0 Å². The van der Waals surface area contributed by atoms with E-state index in [2.05, 4.69) is 68.7 Å². The fourth-order valence-corrected chi connectivity index (χ4v) is 11.1. The molecule has 2 heteroatoms. The smallest absolute Gasteiger partial charge is 0.0692 e. The third-order valence-electron chi connectivity index (χ3n) is 2.13. The van der Waals surface area contributed by atoms with Gasteiger partial charge in [-0.1, -0.05) is 62.3 Å². The molecule has 0 fully saturated rings. The molecule has 0 aliphatic heterocycles. The number of rotatable bonds is 2. The zero-order valence-corrected chi connectivity index (χ0v) is 11.8. The van der Waals surface area contributed by atoms with Gasteiger partial charge >= 0.3 is 0 Å². The highest BCUT2D eigenvalue weighted by Crippen LogP contribution is 2.37. The molecular formula is C12H21PSi. The van der Waals surface area contributed by atoms with Crippen LogP contribution in [0.15, 0.2) is 30.3 Å². The lowest BCUT2D eigenvalue weighted by molar-refractivity contribution is 1.77. The summed E-state index contributed by atoms with van der Waals surface area (Å²) in [6.45, 7) is 11.1. The van der Waals surface area contributed by atoms with Crippen molar-refractivity contribution >= 4 is 25.7 Å². The molecule has 0 unspecified atom stereocenters. The van der Waals surface area contributed by atoms with Crippen LogP contribution in [0.25, 0.3) is 0 Å². The Bertz CT molecular complexity index is 340. The van der Waals surface area contributed by atoms with Gasteiger partial charge < -0.3 is 0 Å². The second-order valence-electron chi connectivity index (χ2n) is 5.37. The van der Waals surface area contributed by atoms with E-state index < -0.39 is 15.0 Å². The van der Waals surface area contributed by atoms with Gasteiger partial charge in [-0.3, -0.25) is 0 Å². The van der Waals surface area contributed by atoms with Gasteiger partial charge in [0.2, 0.25) is 0 Å². The molecule has 0 heterocycles. The minimum absolute atomic E-state index is 0.980. The first-order chi connectivity index (χ1) is 6.31. The molecule has 0 saturated carbocycles. The van der Waals surface area contributed by atoms with E-state index in [0.717, 1.165) is 0 Å². The van der Waals surface area contributed by atoms with Crippen LogP contribution in [0, 0.1) is 0 Å². The van der Waals surface area contributed by atoms with Crippen molar-refractivity contribution in [3.63, 3.8) is 0 Å². The molecule has 0 amide bonds. The van der Waals surface area contributed by atoms with Crippen LogP contribution in [0.1, 0.15) is 0 Å². The average molecular weight is 224 g/mol. The van der Waals surface area contributed by atoms with Crippen LogP contribution < -0.4 is 5.30 Å². The first-order valence-electron chi connectivity index (χ1n) is 5.08. The van der Waals surface area contributed by atoms with Crippen LogP contribution in [-0.4, -0.2) is 26.8 Å². The van der Waals surface area contributed by atoms with Crippen LogP contribution >= 0.6 is 6.89 Å². The third-order valence-corrected chi connectivity index (χ3v) is 9.44. The van der Waals surface area contributed by atoms with E-state index in [0.29, 0.717) is 0 Å². The lowest BCUT2D eigenvalue weighted by Crippen LogP contribution is -2.25. The Morgan fingerprint density at radius 3 is 1.93 bits per heavy atom. The van der Waals surface area contributed by atoms with Crippen molar-refractivity contribution < 1.29 is 0 Å². The van der Waals surface area contributed by atoms with Crippen LogP contribution in [0.2, 0.25) is 19.6 Å². The Morgan fingerprint density at radius 1 is 1.00 bits per heavy atom. The largest absolute Gasteiger partial charge is 0.0931 e. The summed E-state index contributed by atoms with van der Waals surface area (Å²) in [5.74, 6) is 0. The Kier molecular flexibility index (Phi) is 3.44. The third kappa shape index (κ3) is 3.47. The van der Waals surface area contributed by atoms with Crippen molar-refractivity contribution in [1.29, 1.82) is 0 Å². The van der Waals surface area contributed by atoms with E-state index in [9.17, 15) is 0 Å². The molecule has 0 atom stereocenters. The Balaban J connectivity index is 3.15. The maximum Gasteiger partial charge on any atom is 0.0692 e. The van der Waals surface area contributed by atoms with Crippen LogP contribution in [-0.2, 0) is 0 Å². The van der Waals surface area contributed by atoms with Crippen molar-refractivity contribution in [2.45, 2.75) is 19.6 Å². The van der Waals surface area contributed by atoms with Crippen molar-refractivity contribution in [1.82, 2.24) is 0 Å². The van der Waals surface area contributed by atoms with Crippen molar-refractivity contribution in [3.8, 4) is 0 Å². The topological polar surface area (TPSA) is 0 Å². The highest BCUT2D eigenvalue weighted by molar-refractivity contribution is 7.83. The van der Waals surface area contributed by atoms with Gasteiger partial charge in [-0.25, -0.2) is 0 Å². The van der Waals surface area contributed by atoms with Crippen LogP contribution in [0.4, 0.5) is 0 Å². The maximum atomic E-state index is 2.66. The molecule has 14 heavy (non-hydrogen) atoms. The van der Waals surface area contributed by atoms with Gasteiger partial charge in [0.05, 0.1) is 8.07 Å². The van der Waals surface area contributed by atoms with E-state index in [1.807, 2.05) is 0 Å². The van der Waals surface area contributed by atoms with Gasteiger partial charge in [0.1, 0.15) is 0 Å². The van der Waals surface area contributed by atoms with E-state index in [4.69, 9.17) is 0 Å². The van der Waals surface area contributed by atoms with Gasteiger partial charge in [0, 0.05) is 0 Å². The Labute approximate surface area is 89.3 Å². The number of hydrogen-bond acceptors (Lipinski definition) is 0. The molecule has 0 aromatic heterocycles. The summed E-state index contributed by atoms with van der Waals surface area (Å²) < 4.78 is 0. The van der Waals surface area contributed by atoms with Gasteiger partial charge in [-0.15, -0.1) is 0 Å². The minimum Gasteiger partial charge on any atom is -0.0931 e. The fourth-order valence-electron chi connectivity index (χ4n) is 1.85. The van der Waals surface area contributed by atoms with Gasteiger partial charge in [-0.05, 0) is 18.6 Å². The van der Waals surface area contributed by atoms with Gasteiger partial charge in [-0.2, -0.15) is 0 Å². The molecule has 0 aliphatic rings. The molecule has 1 aromatic carbocycles. The molecule has 78 valence electrons. The molecule has 0 bridgehead atoms. The highest BCUT2D eigenvalue weighted by Gasteiger charge is 2.15. The summed E-state index contributed by atoms with van der Waals surface area (Å²) in [5.41, 5.74) is 2.66. The van der Waals surface area contributed by atoms with E-state index in [1.54, 1.807) is 0 Å². The molecule has 0 nitrogen and oxygen atoms in total. The predicted octanol–water partition coefficient (Wildman–Crippen LogP) is 3.27. The maximum absolute atomic E-state index is 2.66. The number of benzene rings is 1. The van der Waals surface area contributed by atoms with E-state index >= 15 is 0 Å². The summed E-state index contributed by atoms with van der Waals surface area (Å²) in [7, 11) is -1.05. The summed E-state index contributed by atoms with van der Waals surface area (Å²) in [5, 5.41) is 1.53. The molecule has 0 radical (unpaired) electrons.